The zero-order valence-corrected chi connectivity index (χ0v) is 11.5. The van der Waals surface area contributed by atoms with Crippen LogP contribution >= 0.6 is 0 Å². The molecule has 1 aliphatic rings. The molecular formula is C14H18F2N2O3. The molecule has 1 atom stereocenters. The van der Waals surface area contributed by atoms with E-state index >= 15 is 0 Å². The molecule has 0 saturated carbocycles. The highest BCUT2D eigenvalue weighted by Gasteiger charge is 2.30. The monoisotopic (exact) mass is 300 g/mol. The third kappa shape index (κ3) is 3.80. The fourth-order valence-electron chi connectivity index (χ4n) is 2.74. The molecule has 0 bridgehead atoms. The molecule has 0 aromatic carbocycles. The zero-order chi connectivity index (χ0) is 15.4. The van der Waals surface area contributed by atoms with Gasteiger partial charge in [0.2, 0.25) is 0 Å². The van der Waals surface area contributed by atoms with Crippen molar-refractivity contribution < 1.29 is 23.5 Å². The summed E-state index contributed by atoms with van der Waals surface area (Å²) in [6, 6.07) is 2.68. The standard InChI is InChI=1S/C14H18F2N2O3/c15-12(16)9-17-6-3-5-11(17)14(21)18-7-2-1-4-10(18)8-13(19)20/h3,5-6,10,12H,1-2,4,7-9H2,(H,19,20). The van der Waals surface area contributed by atoms with Crippen LogP contribution in [0.1, 0.15) is 36.2 Å². The van der Waals surface area contributed by atoms with E-state index < -0.39 is 18.9 Å². The second-order valence-corrected chi connectivity index (χ2v) is 5.18. The second-order valence-electron chi connectivity index (χ2n) is 5.18. The number of alkyl halides is 2. The van der Waals surface area contributed by atoms with Crippen LogP contribution in [0.25, 0.3) is 0 Å². The second kappa shape index (κ2) is 6.69. The minimum atomic E-state index is -2.54. The molecule has 0 radical (unpaired) electrons. The van der Waals surface area contributed by atoms with Crippen molar-refractivity contribution in [2.75, 3.05) is 6.54 Å². The third-order valence-corrected chi connectivity index (χ3v) is 3.68. The molecule has 1 N–H and O–H groups in total. The largest absolute Gasteiger partial charge is 0.481 e. The molecule has 7 heteroatoms. The summed E-state index contributed by atoms with van der Waals surface area (Å²) in [5, 5.41) is 8.93. The average molecular weight is 300 g/mol. The number of halogens is 2. The first kappa shape index (κ1) is 15.5. The van der Waals surface area contributed by atoms with Crippen molar-refractivity contribution >= 4 is 11.9 Å². The van der Waals surface area contributed by atoms with Crippen molar-refractivity contribution in [3.8, 4) is 0 Å². The minimum Gasteiger partial charge on any atom is -0.481 e. The van der Waals surface area contributed by atoms with Crippen molar-refractivity contribution in [3.05, 3.63) is 24.0 Å². The fourth-order valence-corrected chi connectivity index (χ4v) is 2.74. The number of piperidine rings is 1. The lowest BCUT2D eigenvalue weighted by atomic mass is 9.99. The van der Waals surface area contributed by atoms with Crippen molar-refractivity contribution in [1.82, 2.24) is 9.47 Å². The van der Waals surface area contributed by atoms with Gasteiger partial charge in [0.1, 0.15) is 5.69 Å². The predicted molar refractivity (Wildman–Crippen MR) is 71.4 cm³/mol. The van der Waals surface area contributed by atoms with Crippen LogP contribution in [0.15, 0.2) is 18.3 Å². The van der Waals surface area contributed by atoms with Gasteiger partial charge in [-0.15, -0.1) is 0 Å². The number of likely N-dealkylation sites (tertiary alicyclic amines) is 1. The highest BCUT2D eigenvalue weighted by Crippen LogP contribution is 2.22. The van der Waals surface area contributed by atoms with Gasteiger partial charge in [-0.2, -0.15) is 0 Å². The van der Waals surface area contributed by atoms with Crippen LogP contribution < -0.4 is 0 Å². The Kier molecular flexibility index (Phi) is 4.93. The number of carbonyl (C=O) groups is 2. The lowest BCUT2D eigenvalue weighted by Gasteiger charge is -2.35. The van der Waals surface area contributed by atoms with Crippen molar-refractivity contribution in [2.45, 2.75) is 44.7 Å². The van der Waals surface area contributed by atoms with Gasteiger partial charge >= 0.3 is 5.97 Å². The molecule has 1 saturated heterocycles. The molecular weight excluding hydrogens is 282 g/mol. The van der Waals surface area contributed by atoms with E-state index in [0.29, 0.717) is 13.0 Å². The average Bonchev–Trinajstić information content (AvgIpc) is 2.85. The van der Waals surface area contributed by atoms with Gasteiger partial charge in [-0.1, -0.05) is 0 Å². The quantitative estimate of drug-likeness (QED) is 0.907. The summed E-state index contributed by atoms with van der Waals surface area (Å²) < 4.78 is 26.2. The summed E-state index contributed by atoms with van der Waals surface area (Å²) in [6.07, 6.45) is 1.10. The van der Waals surface area contributed by atoms with Gasteiger partial charge in [-0.05, 0) is 31.4 Å². The maximum atomic E-state index is 12.5. The highest BCUT2D eigenvalue weighted by molar-refractivity contribution is 5.93. The van der Waals surface area contributed by atoms with Gasteiger partial charge in [-0.3, -0.25) is 9.59 Å². The SMILES string of the molecule is O=C(O)CC1CCCCN1C(=O)c1cccn1CC(F)F. The Morgan fingerprint density at radius 1 is 1.38 bits per heavy atom. The molecule has 1 aliphatic heterocycles. The molecule has 0 aliphatic carbocycles. The van der Waals surface area contributed by atoms with Gasteiger partial charge in [0.15, 0.2) is 0 Å². The molecule has 1 aromatic rings. The molecule has 1 unspecified atom stereocenters. The maximum absolute atomic E-state index is 12.5. The summed E-state index contributed by atoms with van der Waals surface area (Å²) in [5.74, 6) is -1.32. The van der Waals surface area contributed by atoms with Gasteiger partial charge in [-0.25, -0.2) is 8.78 Å². The number of amides is 1. The van der Waals surface area contributed by atoms with E-state index in [4.69, 9.17) is 5.11 Å². The summed E-state index contributed by atoms with van der Waals surface area (Å²) in [7, 11) is 0. The van der Waals surface area contributed by atoms with Gasteiger partial charge in [0, 0.05) is 18.8 Å². The highest BCUT2D eigenvalue weighted by atomic mass is 19.3. The molecule has 1 aromatic heterocycles. The number of aliphatic carboxylic acids is 1. The minimum absolute atomic E-state index is 0.110. The van der Waals surface area contributed by atoms with E-state index in [9.17, 15) is 18.4 Å². The summed E-state index contributed by atoms with van der Waals surface area (Å²) >= 11 is 0. The number of aromatic nitrogens is 1. The Morgan fingerprint density at radius 3 is 2.81 bits per heavy atom. The normalized spacial score (nSPS) is 19.0. The molecule has 1 amide bonds. The fraction of sp³-hybridized carbons (Fsp3) is 0.571. The van der Waals surface area contributed by atoms with E-state index in [1.807, 2.05) is 0 Å². The Labute approximate surface area is 121 Å². The predicted octanol–water partition coefficient (Wildman–Crippen LogP) is 2.22. The van der Waals surface area contributed by atoms with Gasteiger partial charge in [0.25, 0.3) is 12.3 Å². The first-order valence-electron chi connectivity index (χ1n) is 6.95. The van der Waals surface area contributed by atoms with E-state index in [1.165, 1.54) is 21.7 Å². The van der Waals surface area contributed by atoms with Crippen LogP contribution in [-0.2, 0) is 11.3 Å². The zero-order valence-electron chi connectivity index (χ0n) is 11.5. The summed E-state index contributed by atoms with van der Waals surface area (Å²) in [5.41, 5.74) is 0.188. The Bertz CT molecular complexity index is 516. The number of hydrogen-bond donors (Lipinski definition) is 1. The summed E-state index contributed by atoms with van der Waals surface area (Å²) in [4.78, 5) is 24.9. The smallest absolute Gasteiger partial charge is 0.305 e. The maximum Gasteiger partial charge on any atom is 0.305 e. The number of nitrogens with zero attached hydrogens (tertiary/aromatic N) is 2. The molecule has 0 spiro atoms. The number of carboxylic acid groups (broad SMARTS) is 1. The first-order chi connectivity index (χ1) is 9.99. The van der Waals surface area contributed by atoms with E-state index in [2.05, 4.69) is 0 Å². The van der Waals surface area contributed by atoms with E-state index in [-0.39, 0.29) is 24.1 Å². The van der Waals surface area contributed by atoms with Crippen LogP contribution in [0, 0.1) is 0 Å². The molecule has 21 heavy (non-hydrogen) atoms. The number of carbonyl (C=O) groups excluding carboxylic acids is 1. The van der Waals surface area contributed by atoms with Crippen LogP contribution in [0.2, 0.25) is 0 Å². The molecule has 1 fully saturated rings. The molecule has 5 nitrogen and oxygen atoms in total. The van der Waals surface area contributed by atoms with Crippen LogP contribution in [0.5, 0.6) is 0 Å². The number of rotatable bonds is 5. The van der Waals surface area contributed by atoms with Crippen LogP contribution in [-0.4, -0.2) is 45.5 Å². The van der Waals surface area contributed by atoms with E-state index in [1.54, 1.807) is 6.07 Å². The van der Waals surface area contributed by atoms with Gasteiger partial charge < -0.3 is 14.6 Å². The summed E-state index contributed by atoms with van der Waals surface area (Å²) in [6.45, 7) is -0.0673. The number of hydrogen-bond acceptors (Lipinski definition) is 2. The van der Waals surface area contributed by atoms with E-state index in [0.717, 1.165) is 12.8 Å². The van der Waals surface area contributed by atoms with Crippen molar-refractivity contribution in [1.29, 1.82) is 0 Å². The van der Waals surface area contributed by atoms with Crippen LogP contribution in [0.4, 0.5) is 8.78 Å². The third-order valence-electron chi connectivity index (χ3n) is 3.68. The lowest BCUT2D eigenvalue weighted by molar-refractivity contribution is -0.138. The molecule has 2 rings (SSSR count). The van der Waals surface area contributed by atoms with Crippen molar-refractivity contribution in [2.24, 2.45) is 0 Å². The first-order valence-corrected chi connectivity index (χ1v) is 6.95. The Morgan fingerprint density at radius 2 is 2.14 bits per heavy atom. The van der Waals surface area contributed by atoms with Gasteiger partial charge in [0.05, 0.1) is 13.0 Å². The topological polar surface area (TPSA) is 62.5 Å². The van der Waals surface area contributed by atoms with Crippen molar-refractivity contribution in [3.63, 3.8) is 0 Å². The lowest BCUT2D eigenvalue weighted by Crippen LogP contribution is -2.45. The molecule has 116 valence electrons. The molecule has 2 heterocycles. The Hall–Kier alpha value is -1.92. The van der Waals surface area contributed by atoms with Crippen LogP contribution in [0.3, 0.4) is 0 Å². The number of carboxylic acids is 1. The Balaban J connectivity index is 2.17.